The summed E-state index contributed by atoms with van der Waals surface area (Å²) in [4.78, 5) is 44.3. The van der Waals surface area contributed by atoms with Gasteiger partial charge in [0, 0.05) is 12.4 Å². The number of nitrogens with one attached hydrogen (secondary N) is 2. The molecule has 0 bridgehead atoms. The van der Waals surface area contributed by atoms with Crippen LogP contribution >= 0.6 is 0 Å². The topological polar surface area (TPSA) is 104 Å². The van der Waals surface area contributed by atoms with E-state index in [-0.39, 0.29) is 5.69 Å². The third kappa shape index (κ3) is 2.50. The molecule has 2 aromatic rings. The van der Waals surface area contributed by atoms with Crippen molar-refractivity contribution in [1.29, 1.82) is 0 Å². The van der Waals surface area contributed by atoms with Gasteiger partial charge in [-0.2, -0.15) is 5.01 Å². The zero-order valence-electron chi connectivity index (χ0n) is 12.2. The van der Waals surface area contributed by atoms with Gasteiger partial charge in [0.05, 0.1) is 6.20 Å². The predicted molar refractivity (Wildman–Crippen MR) is 78.7 cm³/mol. The fraction of sp³-hybridized carbons (Fsp3) is 0.133. The minimum atomic E-state index is -1.24. The minimum Gasteiger partial charge on any atom is -0.318 e. The quantitative estimate of drug-likeness (QED) is 0.807. The molecule has 4 amide bonds. The summed E-state index contributed by atoms with van der Waals surface area (Å²) in [5, 5.41) is 3.25. The fourth-order valence-corrected chi connectivity index (χ4v) is 2.28. The van der Waals surface area contributed by atoms with Crippen LogP contribution < -0.4 is 10.7 Å². The van der Waals surface area contributed by atoms with E-state index in [0.29, 0.717) is 10.6 Å². The number of benzene rings is 1. The van der Waals surface area contributed by atoms with Gasteiger partial charge in [0.2, 0.25) is 0 Å². The van der Waals surface area contributed by atoms with E-state index in [4.69, 9.17) is 0 Å². The lowest BCUT2D eigenvalue weighted by molar-refractivity contribution is -0.132. The van der Waals surface area contributed by atoms with Crippen molar-refractivity contribution in [3.63, 3.8) is 0 Å². The maximum absolute atomic E-state index is 12.6. The van der Waals surface area contributed by atoms with Crippen molar-refractivity contribution in [2.75, 3.05) is 0 Å². The van der Waals surface area contributed by atoms with Crippen LogP contribution in [0.25, 0.3) is 0 Å². The highest BCUT2D eigenvalue weighted by Crippen LogP contribution is 2.27. The van der Waals surface area contributed by atoms with Crippen LogP contribution in [0.1, 0.15) is 23.0 Å². The molecule has 8 nitrogen and oxygen atoms in total. The number of aromatic nitrogens is 2. The Morgan fingerprint density at radius 1 is 1.22 bits per heavy atom. The number of hydrogen-bond acceptors (Lipinski definition) is 5. The molecule has 1 saturated heterocycles. The minimum absolute atomic E-state index is 0.00131. The molecule has 3 rings (SSSR count). The number of hydrazine groups is 1. The van der Waals surface area contributed by atoms with E-state index in [0.717, 1.165) is 0 Å². The van der Waals surface area contributed by atoms with E-state index in [1.807, 2.05) is 6.07 Å². The van der Waals surface area contributed by atoms with Gasteiger partial charge >= 0.3 is 6.03 Å². The van der Waals surface area contributed by atoms with Gasteiger partial charge in [-0.3, -0.25) is 20.0 Å². The molecule has 0 spiro atoms. The molecule has 2 N–H and O–H groups in total. The Bertz CT molecular complexity index is 765. The first-order valence-corrected chi connectivity index (χ1v) is 6.81. The second kappa shape index (κ2) is 5.48. The van der Waals surface area contributed by atoms with Crippen LogP contribution in [0, 0.1) is 0 Å². The Hall–Kier alpha value is -3.29. The summed E-state index contributed by atoms with van der Waals surface area (Å²) in [5.74, 6) is -1.27. The predicted octanol–water partition coefficient (Wildman–Crippen LogP) is 0.589. The molecule has 1 aliphatic heterocycles. The molecular weight excluding hydrogens is 298 g/mol. The number of rotatable bonds is 3. The summed E-state index contributed by atoms with van der Waals surface area (Å²) in [6.07, 6.45) is 4.00. The van der Waals surface area contributed by atoms with Gasteiger partial charge in [-0.25, -0.2) is 9.78 Å². The van der Waals surface area contributed by atoms with Gasteiger partial charge in [-0.05, 0) is 12.5 Å². The fourth-order valence-electron chi connectivity index (χ4n) is 2.28. The molecule has 116 valence electrons. The number of carbonyl (C=O) groups excluding carboxylic acids is 3. The van der Waals surface area contributed by atoms with Crippen LogP contribution in [-0.2, 0) is 10.3 Å². The highest BCUT2D eigenvalue weighted by Gasteiger charge is 2.50. The SMILES string of the molecule is CC1(c2ccccc2)NC(=O)N(NC(=O)c2cnccn2)C1=O. The summed E-state index contributed by atoms with van der Waals surface area (Å²) in [5.41, 5.74) is 1.63. The van der Waals surface area contributed by atoms with Crippen LogP contribution in [0.4, 0.5) is 4.79 Å². The Morgan fingerprint density at radius 3 is 2.61 bits per heavy atom. The van der Waals surface area contributed by atoms with Gasteiger partial charge < -0.3 is 5.32 Å². The number of hydrogen-bond donors (Lipinski definition) is 2. The molecule has 0 radical (unpaired) electrons. The summed E-state index contributed by atoms with van der Waals surface area (Å²) < 4.78 is 0. The Labute approximate surface area is 131 Å². The first kappa shape index (κ1) is 14.6. The number of carbonyl (C=O) groups is 3. The molecule has 23 heavy (non-hydrogen) atoms. The lowest BCUT2D eigenvalue weighted by Crippen LogP contribution is -2.48. The van der Waals surface area contributed by atoms with Crippen LogP contribution in [0.15, 0.2) is 48.9 Å². The third-order valence-electron chi connectivity index (χ3n) is 3.55. The van der Waals surface area contributed by atoms with E-state index in [9.17, 15) is 14.4 Å². The van der Waals surface area contributed by atoms with E-state index in [1.165, 1.54) is 18.6 Å². The van der Waals surface area contributed by atoms with Gasteiger partial charge in [0.1, 0.15) is 11.2 Å². The number of amides is 4. The van der Waals surface area contributed by atoms with Gasteiger partial charge in [-0.1, -0.05) is 30.3 Å². The number of imide groups is 1. The Morgan fingerprint density at radius 2 is 1.96 bits per heavy atom. The monoisotopic (exact) mass is 311 g/mol. The van der Waals surface area contributed by atoms with Gasteiger partial charge in [0.15, 0.2) is 0 Å². The molecule has 0 aliphatic carbocycles. The van der Waals surface area contributed by atoms with E-state index < -0.39 is 23.4 Å². The van der Waals surface area contributed by atoms with Crippen molar-refractivity contribution in [2.45, 2.75) is 12.5 Å². The highest BCUT2D eigenvalue weighted by atomic mass is 16.2. The molecule has 8 heteroatoms. The smallest absolute Gasteiger partial charge is 0.318 e. The van der Waals surface area contributed by atoms with E-state index >= 15 is 0 Å². The first-order valence-electron chi connectivity index (χ1n) is 6.81. The molecule has 0 saturated carbocycles. The average Bonchev–Trinajstić information content (AvgIpc) is 2.81. The Kier molecular flexibility index (Phi) is 3.49. The Balaban J connectivity index is 1.84. The van der Waals surface area contributed by atoms with Crippen molar-refractivity contribution in [3.05, 3.63) is 60.2 Å². The van der Waals surface area contributed by atoms with E-state index in [2.05, 4.69) is 20.7 Å². The first-order chi connectivity index (χ1) is 11.0. The normalized spacial score (nSPS) is 20.3. The van der Waals surface area contributed by atoms with Crippen molar-refractivity contribution >= 4 is 17.8 Å². The second-order valence-electron chi connectivity index (χ2n) is 5.09. The van der Waals surface area contributed by atoms with Crippen LogP contribution in [-0.4, -0.2) is 32.8 Å². The summed E-state index contributed by atoms with van der Waals surface area (Å²) in [6.45, 7) is 1.58. The molecule has 1 aromatic carbocycles. The molecule has 2 heterocycles. The lowest BCUT2D eigenvalue weighted by Gasteiger charge is -2.21. The summed E-state index contributed by atoms with van der Waals surface area (Å²) in [6, 6.07) is 8.08. The van der Waals surface area contributed by atoms with Gasteiger partial charge in [-0.15, -0.1) is 0 Å². The molecule has 1 aromatic heterocycles. The second-order valence-corrected chi connectivity index (χ2v) is 5.09. The molecular formula is C15H13N5O3. The highest BCUT2D eigenvalue weighted by molar-refractivity contribution is 6.09. The molecule has 1 aliphatic rings. The summed E-state index contributed by atoms with van der Waals surface area (Å²) >= 11 is 0. The zero-order chi connectivity index (χ0) is 16.4. The van der Waals surface area contributed by atoms with Crippen molar-refractivity contribution in [2.24, 2.45) is 0 Å². The lowest BCUT2D eigenvalue weighted by atomic mass is 9.92. The zero-order valence-corrected chi connectivity index (χ0v) is 12.2. The molecule has 1 fully saturated rings. The van der Waals surface area contributed by atoms with Crippen molar-refractivity contribution in [3.8, 4) is 0 Å². The van der Waals surface area contributed by atoms with Gasteiger partial charge in [0.25, 0.3) is 11.8 Å². The average molecular weight is 311 g/mol. The van der Waals surface area contributed by atoms with E-state index in [1.54, 1.807) is 31.2 Å². The van der Waals surface area contributed by atoms with Crippen molar-refractivity contribution in [1.82, 2.24) is 25.7 Å². The maximum Gasteiger partial charge on any atom is 0.344 e. The number of urea groups is 1. The molecule has 1 unspecified atom stereocenters. The number of nitrogens with zero attached hydrogens (tertiary/aromatic N) is 3. The van der Waals surface area contributed by atoms with Crippen LogP contribution in [0.5, 0.6) is 0 Å². The summed E-state index contributed by atoms with van der Waals surface area (Å²) in [7, 11) is 0. The third-order valence-corrected chi connectivity index (χ3v) is 3.55. The van der Waals surface area contributed by atoms with Crippen molar-refractivity contribution < 1.29 is 14.4 Å². The maximum atomic E-state index is 12.6. The van der Waals surface area contributed by atoms with Crippen LogP contribution in [0.2, 0.25) is 0 Å². The molecule has 1 atom stereocenters. The van der Waals surface area contributed by atoms with Crippen LogP contribution in [0.3, 0.4) is 0 Å². The standard InChI is InChI=1S/C15H13N5O3/c1-15(10-5-3-2-4-6-10)13(22)20(14(23)18-15)19-12(21)11-9-16-7-8-17-11/h2-9H,1H3,(H,18,23)(H,19,21). The largest absolute Gasteiger partial charge is 0.344 e.